The summed E-state index contributed by atoms with van der Waals surface area (Å²) in [5.74, 6) is 0.136. The summed E-state index contributed by atoms with van der Waals surface area (Å²) >= 11 is 0. The van der Waals surface area contributed by atoms with E-state index < -0.39 is 0 Å². The average molecular weight is 282 g/mol. The van der Waals surface area contributed by atoms with Crippen molar-refractivity contribution in [2.75, 3.05) is 19.6 Å². The van der Waals surface area contributed by atoms with Gasteiger partial charge in [-0.3, -0.25) is 4.79 Å². The van der Waals surface area contributed by atoms with Crippen LogP contribution in [0.5, 0.6) is 0 Å². The van der Waals surface area contributed by atoms with Crippen molar-refractivity contribution in [1.82, 2.24) is 10.2 Å². The lowest BCUT2D eigenvalue weighted by Gasteiger charge is -2.24. The van der Waals surface area contributed by atoms with Crippen LogP contribution >= 0.6 is 0 Å². The summed E-state index contributed by atoms with van der Waals surface area (Å²) in [6.45, 7) is 4.69. The highest BCUT2D eigenvalue weighted by Crippen LogP contribution is 2.17. The van der Waals surface area contributed by atoms with E-state index in [1.807, 2.05) is 42.2 Å². The third-order valence-corrected chi connectivity index (χ3v) is 4.27. The number of amides is 1. The fraction of sp³-hybridized carbons (Fsp3) is 0.389. The summed E-state index contributed by atoms with van der Waals surface area (Å²) in [4.78, 5) is 14.7. The maximum absolute atomic E-state index is 12.7. The van der Waals surface area contributed by atoms with Gasteiger partial charge in [-0.25, -0.2) is 0 Å². The van der Waals surface area contributed by atoms with E-state index in [4.69, 9.17) is 0 Å². The zero-order chi connectivity index (χ0) is 14.7. The molecule has 1 aliphatic rings. The average Bonchev–Trinajstić information content (AvgIpc) is 3.04. The fourth-order valence-electron chi connectivity index (χ4n) is 3.04. The molecule has 2 aromatic carbocycles. The molecule has 2 aromatic rings. The maximum atomic E-state index is 12.7. The largest absolute Gasteiger partial charge is 0.337 e. The number of nitrogens with one attached hydrogen (secondary N) is 1. The number of hydrogen-bond donors (Lipinski definition) is 1. The van der Waals surface area contributed by atoms with E-state index in [9.17, 15) is 4.79 Å². The van der Waals surface area contributed by atoms with E-state index in [0.29, 0.717) is 6.04 Å². The molecule has 21 heavy (non-hydrogen) atoms. The second kappa shape index (κ2) is 6.27. The van der Waals surface area contributed by atoms with Crippen molar-refractivity contribution in [3.63, 3.8) is 0 Å². The Morgan fingerprint density at radius 2 is 2.05 bits per heavy atom. The van der Waals surface area contributed by atoms with E-state index in [0.717, 1.165) is 30.6 Å². The number of benzene rings is 2. The smallest absolute Gasteiger partial charge is 0.253 e. The predicted octanol–water partition coefficient (Wildman–Crippen LogP) is 3.05. The number of hydrogen-bond acceptors (Lipinski definition) is 2. The van der Waals surface area contributed by atoms with Crippen molar-refractivity contribution in [2.45, 2.75) is 25.8 Å². The minimum Gasteiger partial charge on any atom is -0.337 e. The molecule has 3 nitrogen and oxygen atoms in total. The highest BCUT2D eigenvalue weighted by molar-refractivity contribution is 5.98. The maximum Gasteiger partial charge on any atom is 0.253 e. The second-order valence-electron chi connectivity index (χ2n) is 5.70. The van der Waals surface area contributed by atoms with Gasteiger partial charge >= 0.3 is 0 Å². The summed E-state index contributed by atoms with van der Waals surface area (Å²) in [5, 5.41) is 5.76. The van der Waals surface area contributed by atoms with Crippen LogP contribution in [-0.2, 0) is 0 Å². The third kappa shape index (κ3) is 3.08. The van der Waals surface area contributed by atoms with E-state index in [2.05, 4.69) is 17.4 Å². The highest BCUT2D eigenvalue weighted by atomic mass is 16.2. The molecule has 1 atom stereocenters. The van der Waals surface area contributed by atoms with Gasteiger partial charge in [0.15, 0.2) is 0 Å². The molecule has 3 rings (SSSR count). The Labute approximate surface area is 125 Å². The summed E-state index contributed by atoms with van der Waals surface area (Å²) in [5.41, 5.74) is 0.786. The Bertz CT molecular complexity index is 632. The molecule has 0 aromatic heterocycles. The molecule has 1 amide bonds. The molecule has 1 saturated heterocycles. The van der Waals surface area contributed by atoms with Crippen molar-refractivity contribution in [1.29, 1.82) is 0 Å². The van der Waals surface area contributed by atoms with Gasteiger partial charge in [-0.05, 0) is 49.2 Å². The predicted molar refractivity (Wildman–Crippen MR) is 86.6 cm³/mol. The molecule has 0 spiro atoms. The van der Waals surface area contributed by atoms with Crippen molar-refractivity contribution in [3.8, 4) is 0 Å². The van der Waals surface area contributed by atoms with E-state index in [1.165, 1.54) is 18.2 Å². The molecule has 110 valence electrons. The van der Waals surface area contributed by atoms with Crippen molar-refractivity contribution in [2.24, 2.45) is 0 Å². The molecule has 0 aliphatic carbocycles. The Morgan fingerprint density at radius 3 is 2.76 bits per heavy atom. The monoisotopic (exact) mass is 282 g/mol. The van der Waals surface area contributed by atoms with Crippen LogP contribution in [0.2, 0.25) is 0 Å². The summed E-state index contributed by atoms with van der Waals surface area (Å²) in [6, 6.07) is 14.6. The van der Waals surface area contributed by atoms with Crippen LogP contribution in [0, 0.1) is 0 Å². The normalized spacial score (nSPS) is 18.0. The van der Waals surface area contributed by atoms with Gasteiger partial charge in [-0.2, -0.15) is 0 Å². The number of carbonyl (C=O) groups excluding carboxylic acids is 1. The molecule has 1 aliphatic heterocycles. The van der Waals surface area contributed by atoms with Gasteiger partial charge in [0, 0.05) is 24.7 Å². The topological polar surface area (TPSA) is 32.3 Å². The first kappa shape index (κ1) is 14.1. The molecule has 1 N–H and O–H groups in total. The molecule has 1 heterocycles. The van der Waals surface area contributed by atoms with Gasteiger partial charge < -0.3 is 10.2 Å². The van der Waals surface area contributed by atoms with Crippen molar-refractivity contribution in [3.05, 3.63) is 48.0 Å². The van der Waals surface area contributed by atoms with Crippen LogP contribution < -0.4 is 5.32 Å². The van der Waals surface area contributed by atoms with E-state index >= 15 is 0 Å². The lowest BCUT2D eigenvalue weighted by atomic mass is 10.1. The lowest BCUT2D eigenvalue weighted by Crippen LogP contribution is -2.41. The fourth-order valence-corrected chi connectivity index (χ4v) is 3.04. The van der Waals surface area contributed by atoms with Crippen LogP contribution in [0.1, 0.15) is 30.1 Å². The SMILES string of the molecule is CCN(CC1CCCN1)C(=O)c1ccc2ccccc2c1. The summed E-state index contributed by atoms with van der Waals surface area (Å²) in [7, 11) is 0. The van der Waals surface area contributed by atoms with Gasteiger partial charge in [-0.15, -0.1) is 0 Å². The molecular weight excluding hydrogens is 260 g/mol. The standard InChI is InChI=1S/C18H22N2O/c1-2-20(13-17-8-5-11-19-17)18(21)16-10-9-14-6-3-4-7-15(14)12-16/h3-4,6-7,9-10,12,17,19H,2,5,8,11,13H2,1H3. The van der Waals surface area contributed by atoms with E-state index in [1.54, 1.807) is 0 Å². The number of rotatable bonds is 4. The van der Waals surface area contributed by atoms with Crippen molar-refractivity contribution >= 4 is 16.7 Å². The van der Waals surface area contributed by atoms with Gasteiger partial charge in [0.1, 0.15) is 0 Å². The minimum absolute atomic E-state index is 0.136. The molecule has 0 radical (unpaired) electrons. The molecule has 0 saturated carbocycles. The molecular formula is C18H22N2O. The highest BCUT2D eigenvalue weighted by Gasteiger charge is 2.21. The Kier molecular flexibility index (Phi) is 4.20. The number of likely N-dealkylation sites (N-methyl/N-ethyl adjacent to an activating group) is 1. The minimum atomic E-state index is 0.136. The van der Waals surface area contributed by atoms with Crippen LogP contribution in [0.25, 0.3) is 10.8 Å². The second-order valence-corrected chi connectivity index (χ2v) is 5.70. The number of carbonyl (C=O) groups is 1. The summed E-state index contributed by atoms with van der Waals surface area (Å²) in [6.07, 6.45) is 2.38. The van der Waals surface area contributed by atoms with Crippen LogP contribution in [0.4, 0.5) is 0 Å². The van der Waals surface area contributed by atoms with Gasteiger partial charge in [0.25, 0.3) is 5.91 Å². The van der Waals surface area contributed by atoms with Crippen LogP contribution in [0.3, 0.4) is 0 Å². The zero-order valence-electron chi connectivity index (χ0n) is 12.5. The molecule has 3 heteroatoms. The third-order valence-electron chi connectivity index (χ3n) is 4.27. The zero-order valence-corrected chi connectivity index (χ0v) is 12.5. The van der Waals surface area contributed by atoms with Crippen LogP contribution in [-0.4, -0.2) is 36.5 Å². The Morgan fingerprint density at radius 1 is 1.24 bits per heavy atom. The van der Waals surface area contributed by atoms with E-state index in [-0.39, 0.29) is 5.91 Å². The Hall–Kier alpha value is -1.87. The summed E-state index contributed by atoms with van der Waals surface area (Å²) < 4.78 is 0. The van der Waals surface area contributed by atoms with Gasteiger partial charge in [0.2, 0.25) is 0 Å². The quantitative estimate of drug-likeness (QED) is 0.934. The van der Waals surface area contributed by atoms with Gasteiger partial charge in [0.05, 0.1) is 0 Å². The first-order chi connectivity index (χ1) is 10.3. The molecule has 1 fully saturated rings. The van der Waals surface area contributed by atoms with Gasteiger partial charge in [-0.1, -0.05) is 30.3 Å². The van der Waals surface area contributed by atoms with Crippen LogP contribution in [0.15, 0.2) is 42.5 Å². The lowest BCUT2D eigenvalue weighted by molar-refractivity contribution is 0.0751. The Balaban J connectivity index is 1.80. The first-order valence-electron chi connectivity index (χ1n) is 7.79. The number of nitrogens with zero attached hydrogens (tertiary/aromatic N) is 1. The first-order valence-corrected chi connectivity index (χ1v) is 7.79. The van der Waals surface area contributed by atoms with Crippen molar-refractivity contribution < 1.29 is 4.79 Å². The molecule has 1 unspecified atom stereocenters. The number of fused-ring (bicyclic) bond motifs is 1. The molecule has 0 bridgehead atoms.